The molecule has 2 aliphatic carbocycles. The number of rotatable bonds is 4. The number of benzene rings is 1. The number of amides is 1. The number of aromatic nitrogens is 3. The predicted molar refractivity (Wildman–Crippen MR) is 104 cm³/mol. The topological polar surface area (TPSA) is 59.8 Å². The zero-order chi connectivity index (χ0) is 19.2. The van der Waals surface area contributed by atoms with Gasteiger partial charge in [0.1, 0.15) is 0 Å². The Labute approximate surface area is 162 Å². The number of carbonyl (C=O) groups excluding carboxylic acids is 1. The van der Waals surface area contributed by atoms with Crippen LogP contribution in [0.15, 0.2) is 60.9 Å². The molecule has 2 aliphatic rings. The van der Waals surface area contributed by atoms with Crippen LogP contribution in [0.2, 0.25) is 0 Å². The van der Waals surface area contributed by atoms with Gasteiger partial charge in [-0.2, -0.15) is 9.49 Å². The van der Waals surface area contributed by atoms with Crippen LogP contribution in [0, 0.1) is 11.4 Å². The van der Waals surface area contributed by atoms with Gasteiger partial charge in [-0.05, 0) is 36.3 Å². The molecule has 5 rings (SSSR count). The van der Waals surface area contributed by atoms with Crippen molar-refractivity contribution in [3.05, 3.63) is 72.4 Å². The van der Waals surface area contributed by atoms with E-state index in [9.17, 15) is 9.18 Å². The normalized spacial score (nSPS) is 22.3. The Balaban J connectivity index is 1.43. The minimum absolute atomic E-state index is 0.00626. The molecule has 1 aromatic carbocycles. The van der Waals surface area contributed by atoms with Gasteiger partial charge in [-0.1, -0.05) is 43.2 Å². The van der Waals surface area contributed by atoms with Crippen molar-refractivity contribution in [2.24, 2.45) is 5.41 Å². The van der Waals surface area contributed by atoms with Gasteiger partial charge in [0, 0.05) is 24.5 Å². The van der Waals surface area contributed by atoms with Crippen molar-refractivity contribution >= 4 is 11.7 Å². The summed E-state index contributed by atoms with van der Waals surface area (Å²) in [6, 6.07) is 14.8. The molecule has 1 N–H and O–H groups in total. The summed E-state index contributed by atoms with van der Waals surface area (Å²) in [6.45, 7) is 0. The summed E-state index contributed by atoms with van der Waals surface area (Å²) in [5.41, 5.74) is 1.25. The van der Waals surface area contributed by atoms with E-state index in [4.69, 9.17) is 0 Å². The molecule has 0 bridgehead atoms. The third-order valence-corrected chi connectivity index (χ3v) is 6.40. The average Bonchev–Trinajstić information content (AvgIpc) is 3.02. The van der Waals surface area contributed by atoms with Gasteiger partial charge >= 0.3 is 0 Å². The van der Waals surface area contributed by atoms with Gasteiger partial charge in [0.05, 0.1) is 11.1 Å². The molecule has 3 aromatic rings. The highest BCUT2D eigenvalue weighted by molar-refractivity contribution is 6.02. The summed E-state index contributed by atoms with van der Waals surface area (Å²) in [4.78, 5) is 17.0. The van der Waals surface area contributed by atoms with Crippen LogP contribution in [0.25, 0.3) is 5.69 Å². The van der Waals surface area contributed by atoms with Crippen LogP contribution in [0.3, 0.4) is 0 Å². The molecule has 0 aliphatic heterocycles. The molecule has 2 aromatic heterocycles. The fourth-order valence-electron chi connectivity index (χ4n) is 4.99. The zero-order valence-electron chi connectivity index (χ0n) is 15.4. The van der Waals surface area contributed by atoms with Gasteiger partial charge in [0.15, 0.2) is 5.82 Å². The molecule has 1 unspecified atom stereocenters. The molecule has 0 radical (unpaired) electrons. The third-order valence-electron chi connectivity index (χ3n) is 6.40. The first-order chi connectivity index (χ1) is 13.6. The fourth-order valence-corrected chi connectivity index (χ4v) is 4.99. The van der Waals surface area contributed by atoms with E-state index < -0.39 is 11.4 Å². The van der Waals surface area contributed by atoms with E-state index in [2.05, 4.69) is 27.5 Å². The Bertz CT molecular complexity index is 1030. The molecular formula is C22H21FN4O. The highest BCUT2D eigenvalue weighted by Gasteiger charge is 2.72. The summed E-state index contributed by atoms with van der Waals surface area (Å²) >= 11 is 0. The lowest BCUT2D eigenvalue weighted by Crippen LogP contribution is -2.33. The number of nitrogens with one attached hydrogen (secondary N) is 1. The monoisotopic (exact) mass is 376 g/mol. The van der Waals surface area contributed by atoms with E-state index in [0.717, 1.165) is 24.8 Å². The third kappa shape index (κ3) is 2.55. The van der Waals surface area contributed by atoms with E-state index in [0.29, 0.717) is 11.5 Å². The van der Waals surface area contributed by atoms with Crippen molar-refractivity contribution in [3.8, 4) is 5.69 Å². The first-order valence-electron chi connectivity index (χ1n) is 9.68. The second kappa shape index (κ2) is 6.26. The summed E-state index contributed by atoms with van der Waals surface area (Å²) < 4.78 is 14.9. The largest absolute Gasteiger partial charge is 0.308 e. The lowest BCUT2D eigenvalue weighted by molar-refractivity contribution is -0.119. The van der Waals surface area contributed by atoms with Crippen molar-refractivity contribution in [3.63, 3.8) is 0 Å². The zero-order valence-corrected chi connectivity index (χ0v) is 15.4. The maximum Gasteiger partial charge on any atom is 0.236 e. The number of carbonyl (C=O) groups is 1. The summed E-state index contributed by atoms with van der Waals surface area (Å²) in [5.74, 6) is -0.0906. The van der Waals surface area contributed by atoms with Crippen molar-refractivity contribution in [2.45, 2.75) is 37.5 Å². The molecule has 1 atom stereocenters. The van der Waals surface area contributed by atoms with E-state index in [1.54, 1.807) is 18.3 Å². The SMILES string of the molecule is O=C(Nc1ccn(-c2ccnc(F)c2)n1)C1(c2ccccc2)CC12CCCC2. The van der Waals surface area contributed by atoms with E-state index >= 15 is 0 Å². The predicted octanol–water partition coefficient (Wildman–Crippen LogP) is 4.25. The first-order valence-corrected chi connectivity index (χ1v) is 9.68. The lowest BCUT2D eigenvalue weighted by Gasteiger charge is -2.22. The minimum atomic E-state index is -0.567. The summed E-state index contributed by atoms with van der Waals surface area (Å²) in [5, 5.41) is 7.42. The molecule has 2 fully saturated rings. The van der Waals surface area contributed by atoms with Gasteiger partial charge in [-0.15, -0.1) is 0 Å². The van der Waals surface area contributed by atoms with Crippen molar-refractivity contribution in [2.75, 3.05) is 5.32 Å². The Kier molecular flexibility index (Phi) is 3.82. The number of nitrogens with zero attached hydrogens (tertiary/aromatic N) is 3. The second-order valence-corrected chi connectivity index (χ2v) is 7.87. The molecular weight excluding hydrogens is 355 g/mol. The van der Waals surface area contributed by atoms with Crippen molar-refractivity contribution in [1.29, 1.82) is 0 Å². The number of hydrogen-bond donors (Lipinski definition) is 1. The van der Waals surface area contributed by atoms with Gasteiger partial charge in [0.2, 0.25) is 11.9 Å². The molecule has 2 saturated carbocycles. The van der Waals surface area contributed by atoms with Gasteiger partial charge < -0.3 is 5.32 Å². The van der Waals surface area contributed by atoms with Gasteiger partial charge in [0.25, 0.3) is 0 Å². The number of halogens is 1. The van der Waals surface area contributed by atoms with Crippen molar-refractivity contribution < 1.29 is 9.18 Å². The standard InChI is InChI=1S/C22H21FN4O/c23-18-14-17(8-12-24-18)27-13-9-19(26-27)25-20(28)22(16-6-2-1-3-7-16)15-21(22)10-4-5-11-21/h1-3,6-9,12-14H,4-5,10-11,15H2,(H,25,26,28). The van der Waals surface area contributed by atoms with Crippen LogP contribution in [0.5, 0.6) is 0 Å². The number of anilines is 1. The van der Waals surface area contributed by atoms with Gasteiger partial charge in [-0.3, -0.25) is 4.79 Å². The molecule has 6 heteroatoms. The summed E-state index contributed by atoms with van der Waals surface area (Å²) in [6.07, 6.45) is 8.56. The number of hydrogen-bond acceptors (Lipinski definition) is 3. The minimum Gasteiger partial charge on any atom is -0.308 e. The lowest BCUT2D eigenvalue weighted by atomic mass is 9.84. The molecule has 28 heavy (non-hydrogen) atoms. The highest BCUT2D eigenvalue weighted by atomic mass is 19.1. The molecule has 142 valence electrons. The van der Waals surface area contributed by atoms with E-state index in [1.807, 2.05) is 18.2 Å². The first kappa shape index (κ1) is 17.1. The van der Waals surface area contributed by atoms with Gasteiger partial charge in [-0.25, -0.2) is 9.67 Å². The molecule has 2 heterocycles. The van der Waals surface area contributed by atoms with Crippen LogP contribution in [0.4, 0.5) is 10.2 Å². The molecule has 1 spiro atoms. The maximum absolute atomic E-state index is 13.4. The Hall–Kier alpha value is -3.02. The average molecular weight is 376 g/mol. The Morgan fingerprint density at radius 1 is 1.11 bits per heavy atom. The quantitative estimate of drug-likeness (QED) is 0.693. The molecule has 1 amide bonds. The number of pyridine rings is 1. The maximum atomic E-state index is 13.4. The smallest absolute Gasteiger partial charge is 0.236 e. The van der Waals surface area contributed by atoms with Crippen LogP contribution in [-0.4, -0.2) is 20.7 Å². The van der Waals surface area contributed by atoms with Crippen LogP contribution < -0.4 is 5.32 Å². The summed E-state index contributed by atoms with van der Waals surface area (Å²) in [7, 11) is 0. The van der Waals surface area contributed by atoms with Crippen LogP contribution in [-0.2, 0) is 10.2 Å². The van der Waals surface area contributed by atoms with E-state index in [-0.39, 0.29) is 11.3 Å². The Morgan fingerprint density at radius 3 is 2.64 bits per heavy atom. The second-order valence-electron chi connectivity index (χ2n) is 7.87. The highest BCUT2D eigenvalue weighted by Crippen LogP contribution is 2.72. The Morgan fingerprint density at radius 2 is 1.89 bits per heavy atom. The fraction of sp³-hybridized carbons (Fsp3) is 0.318. The molecule has 5 nitrogen and oxygen atoms in total. The van der Waals surface area contributed by atoms with Crippen LogP contribution >= 0.6 is 0 Å². The van der Waals surface area contributed by atoms with Crippen molar-refractivity contribution in [1.82, 2.24) is 14.8 Å². The van der Waals surface area contributed by atoms with E-state index in [1.165, 1.54) is 29.8 Å². The molecule has 0 saturated heterocycles. The van der Waals surface area contributed by atoms with Crippen LogP contribution in [0.1, 0.15) is 37.7 Å².